The van der Waals surface area contributed by atoms with Gasteiger partial charge in [-0.05, 0) is 19.4 Å². The molecule has 0 aliphatic rings. The van der Waals surface area contributed by atoms with Crippen LogP contribution < -0.4 is 0 Å². The highest BCUT2D eigenvalue weighted by Crippen LogP contribution is 1.98. The third-order valence-corrected chi connectivity index (χ3v) is 0.963. The molecule has 68 valence electrons. The summed E-state index contributed by atoms with van der Waals surface area (Å²) < 4.78 is 0. The number of hydrogen-bond donors (Lipinski definition) is 0. The van der Waals surface area contributed by atoms with Crippen molar-refractivity contribution in [2.75, 3.05) is 0 Å². The van der Waals surface area contributed by atoms with Gasteiger partial charge in [0.2, 0.25) is 0 Å². The van der Waals surface area contributed by atoms with Crippen molar-refractivity contribution >= 4 is 0 Å². The lowest BCUT2D eigenvalue weighted by Crippen LogP contribution is -1.66. The first-order valence-electron chi connectivity index (χ1n) is 4.32. The summed E-state index contributed by atoms with van der Waals surface area (Å²) in [7, 11) is 0. The van der Waals surface area contributed by atoms with E-state index in [9.17, 15) is 0 Å². The highest BCUT2D eigenvalue weighted by Gasteiger charge is 1.77. The van der Waals surface area contributed by atoms with Crippen LogP contribution in [-0.2, 0) is 0 Å². The molecule has 0 bridgehead atoms. The molecular weight excluding hydrogens is 144 g/mol. The third kappa shape index (κ3) is 11.7. The Labute approximate surface area is 77.0 Å². The maximum atomic E-state index is 3.80. The van der Waals surface area contributed by atoms with Gasteiger partial charge in [0.15, 0.2) is 0 Å². The van der Waals surface area contributed by atoms with Crippen LogP contribution in [0.2, 0.25) is 0 Å². The quantitative estimate of drug-likeness (QED) is 0.546. The number of rotatable bonds is 3. The van der Waals surface area contributed by atoms with E-state index < -0.39 is 0 Å². The molecule has 0 amide bonds. The normalized spacial score (nSPS) is 9.67. The second-order valence-electron chi connectivity index (χ2n) is 2.25. The van der Waals surface area contributed by atoms with Crippen LogP contribution in [0.3, 0.4) is 0 Å². The van der Waals surface area contributed by atoms with Gasteiger partial charge in [0.05, 0.1) is 0 Å². The first-order chi connectivity index (χ1) is 5.66. The summed E-state index contributed by atoms with van der Waals surface area (Å²) in [5.74, 6) is 0. The molecule has 0 N–H and O–H groups in total. The van der Waals surface area contributed by atoms with Crippen molar-refractivity contribution in [1.29, 1.82) is 0 Å². The van der Waals surface area contributed by atoms with Gasteiger partial charge in [0, 0.05) is 0 Å². The molecule has 0 radical (unpaired) electrons. The van der Waals surface area contributed by atoms with Crippen molar-refractivity contribution in [1.82, 2.24) is 0 Å². The fraction of sp³-hybridized carbons (Fsp3) is 0.333. The topological polar surface area (TPSA) is 0 Å². The summed E-state index contributed by atoms with van der Waals surface area (Å²) in [6, 6.07) is 0. The Kier molecular flexibility index (Phi) is 11.2. The average molecular weight is 164 g/mol. The molecule has 0 heterocycles. The maximum absolute atomic E-state index is 3.80. The number of allylic oxidation sites excluding steroid dienone is 6. The second-order valence-corrected chi connectivity index (χ2v) is 2.25. The average Bonchev–Trinajstić information content (AvgIpc) is 2.05. The van der Waals surface area contributed by atoms with E-state index in [-0.39, 0.29) is 0 Å². The van der Waals surface area contributed by atoms with Gasteiger partial charge in [0.1, 0.15) is 0 Å². The Balaban J connectivity index is 0. The van der Waals surface area contributed by atoms with Crippen LogP contribution in [0.25, 0.3) is 0 Å². The zero-order valence-corrected chi connectivity index (χ0v) is 8.72. The van der Waals surface area contributed by atoms with Gasteiger partial charge in [-0.15, -0.1) is 0 Å². The van der Waals surface area contributed by atoms with Crippen molar-refractivity contribution in [2.45, 2.75) is 27.7 Å². The molecule has 0 rings (SSSR count). The fourth-order valence-corrected chi connectivity index (χ4v) is 0.519. The Hall–Kier alpha value is -1.04. The van der Waals surface area contributed by atoms with E-state index in [2.05, 4.69) is 13.2 Å². The van der Waals surface area contributed by atoms with Crippen LogP contribution in [0.1, 0.15) is 27.7 Å². The van der Waals surface area contributed by atoms with E-state index >= 15 is 0 Å². The van der Waals surface area contributed by atoms with Crippen LogP contribution in [0.5, 0.6) is 0 Å². The fourth-order valence-electron chi connectivity index (χ4n) is 0.519. The van der Waals surface area contributed by atoms with Crippen molar-refractivity contribution in [3.8, 4) is 0 Å². The first-order valence-corrected chi connectivity index (χ1v) is 4.32. The summed E-state index contributed by atoms with van der Waals surface area (Å²) in [5, 5.41) is 0. The summed E-state index contributed by atoms with van der Waals surface area (Å²) in [6.07, 6.45) is 7.81. The van der Waals surface area contributed by atoms with Crippen molar-refractivity contribution < 1.29 is 0 Å². The molecule has 0 saturated carbocycles. The SMILES string of the molecule is C=C(C)/C=C\C(=C)/C=C/C.CC. The van der Waals surface area contributed by atoms with Crippen LogP contribution >= 0.6 is 0 Å². The van der Waals surface area contributed by atoms with Crippen LogP contribution in [-0.4, -0.2) is 0 Å². The molecule has 0 unspecified atom stereocenters. The Morgan fingerprint density at radius 1 is 1.00 bits per heavy atom. The molecule has 0 nitrogen and oxygen atoms in total. The lowest BCUT2D eigenvalue weighted by Gasteiger charge is -1.87. The zero-order valence-electron chi connectivity index (χ0n) is 8.72. The van der Waals surface area contributed by atoms with E-state index in [1.54, 1.807) is 0 Å². The minimum absolute atomic E-state index is 1.01. The Bertz CT molecular complexity index is 180. The summed E-state index contributed by atoms with van der Waals surface area (Å²) in [4.78, 5) is 0. The van der Waals surface area contributed by atoms with Crippen molar-refractivity contribution in [3.63, 3.8) is 0 Å². The minimum Gasteiger partial charge on any atom is -0.0961 e. The van der Waals surface area contributed by atoms with E-state index in [1.165, 1.54) is 0 Å². The summed E-state index contributed by atoms with van der Waals surface area (Å²) in [5.41, 5.74) is 2.05. The molecule has 0 heteroatoms. The molecule has 0 fully saturated rings. The molecule has 0 aliphatic carbocycles. The molecule has 0 aromatic carbocycles. The second kappa shape index (κ2) is 9.96. The van der Waals surface area contributed by atoms with Gasteiger partial charge in [-0.2, -0.15) is 0 Å². The van der Waals surface area contributed by atoms with E-state index in [4.69, 9.17) is 0 Å². The number of hydrogen-bond acceptors (Lipinski definition) is 0. The Morgan fingerprint density at radius 3 is 1.83 bits per heavy atom. The van der Waals surface area contributed by atoms with Gasteiger partial charge in [-0.3, -0.25) is 0 Å². The summed E-state index contributed by atoms with van der Waals surface area (Å²) >= 11 is 0. The molecule has 0 aromatic heterocycles. The molecule has 0 aliphatic heterocycles. The zero-order chi connectivity index (χ0) is 9.98. The lowest BCUT2D eigenvalue weighted by atomic mass is 10.2. The molecule has 0 saturated heterocycles. The smallest absolute Gasteiger partial charge is 0.0332 e. The standard InChI is InChI=1S/C10H14.C2H6/c1-5-6-10(4)8-7-9(2)3;1-2/h5-8H,2,4H2,1,3H3;1-2H3/b6-5+,8-7-;. The lowest BCUT2D eigenvalue weighted by molar-refractivity contribution is 1.50. The van der Waals surface area contributed by atoms with Crippen LogP contribution in [0.4, 0.5) is 0 Å². The van der Waals surface area contributed by atoms with Crippen LogP contribution in [0.15, 0.2) is 48.6 Å². The van der Waals surface area contributed by atoms with Gasteiger partial charge in [0.25, 0.3) is 0 Å². The van der Waals surface area contributed by atoms with Crippen LogP contribution in [0, 0.1) is 0 Å². The highest BCUT2D eigenvalue weighted by molar-refractivity contribution is 5.30. The predicted octanol–water partition coefficient (Wildman–Crippen LogP) is 4.28. The van der Waals surface area contributed by atoms with E-state index in [0.29, 0.717) is 0 Å². The largest absolute Gasteiger partial charge is 0.0961 e. The van der Waals surface area contributed by atoms with Crippen molar-refractivity contribution in [2.24, 2.45) is 0 Å². The first kappa shape index (κ1) is 13.5. The molecule has 0 spiro atoms. The molecule has 12 heavy (non-hydrogen) atoms. The molecule has 0 atom stereocenters. The van der Waals surface area contributed by atoms with Gasteiger partial charge in [-0.25, -0.2) is 0 Å². The van der Waals surface area contributed by atoms with Gasteiger partial charge >= 0.3 is 0 Å². The Morgan fingerprint density at radius 2 is 1.50 bits per heavy atom. The maximum Gasteiger partial charge on any atom is -0.0332 e. The van der Waals surface area contributed by atoms with E-state index in [1.807, 2.05) is 52.0 Å². The molecule has 0 aromatic rings. The molecular formula is C12H20. The summed E-state index contributed by atoms with van der Waals surface area (Å²) in [6.45, 7) is 15.5. The van der Waals surface area contributed by atoms with Crippen molar-refractivity contribution in [3.05, 3.63) is 48.6 Å². The van der Waals surface area contributed by atoms with Gasteiger partial charge < -0.3 is 0 Å². The predicted molar refractivity (Wildman–Crippen MR) is 59.3 cm³/mol. The monoisotopic (exact) mass is 164 g/mol. The highest BCUT2D eigenvalue weighted by atomic mass is 13.8. The minimum atomic E-state index is 1.01. The van der Waals surface area contributed by atoms with E-state index in [0.717, 1.165) is 11.1 Å². The third-order valence-electron chi connectivity index (χ3n) is 0.963. The van der Waals surface area contributed by atoms with Gasteiger partial charge in [-0.1, -0.05) is 56.9 Å².